The highest BCUT2D eigenvalue weighted by Gasteiger charge is 2.32. The normalized spacial score (nSPS) is 16.8. The van der Waals surface area contributed by atoms with Crippen molar-refractivity contribution >= 4 is 24.8 Å². The van der Waals surface area contributed by atoms with Crippen LogP contribution in [0.3, 0.4) is 0 Å². The monoisotopic (exact) mass is 346 g/mol. The molecule has 1 heterocycles. The molecule has 122 valence electrons. The molecule has 1 fully saturated rings. The molecule has 1 aromatic rings. The maximum atomic E-state index is 13.9. The summed E-state index contributed by atoms with van der Waals surface area (Å²) in [7, 11) is 1.41. The van der Waals surface area contributed by atoms with Crippen molar-refractivity contribution in [3.63, 3.8) is 0 Å². The molecular formula is C13H19Cl2F3N2O. The van der Waals surface area contributed by atoms with Crippen molar-refractivity contribution in [3.05, 3.63) is 29.6 Å². The van der Waals surface area contributed by atoms with Crippen molar-refractivity contribution in [2.45, 2.75) is 12.5 Å². The summed E-state index contributed by atoms with van der Waals surface area (Å²) < 4.78 is 45.4. The first-order chi connectivity index (χ1) is 9.13. The largest absolute Gasteiger partial charge is 0.497 e. The van der Waals surface area contributed by atoms with E-state index in [0.29, 0.717) is 31.9 Å². The number of nitrogens with zero attached hydrogens (tertiary/aromatic N) is 1. The second-order valence-corrected chi connectivity index (χ2v) is 4.45. The summed E-state index contributed by atoms with van der Waals surface area (Å²) in [6, 6.07) is 2.84. The van der Waals surface area contributed by atoms with Gasteiger partial charge in [-0.25, -0.2) is 13.2 Å². The number of hydrogen-bond donors (Lipinski definition) is 1. The van der Waals surface area contributed by atoms with Gasteiger partial charge in [-0.1, -0.05) is 6.07 Å². The second-order valence-electron chi connectivity index (χ2n) is 4.45. The Morgan fingerprint density at radius 1 is 1.19 bits per heavy atom. The van der Waals surface area contributed by atoms with Crippen molar-refractivity contribution in [2.75, 3.05) is 33.3 Å². The first-order valence-corrected chi connectivity index (χ1v) is 6.20. The predicted octanol–water partition coefficient (Wildman–Crippen LogP) is 2.89. The highest BCUT2D eigenvalue weighted by Crippen LogP contribution is 2.31. The van der Waals surface area contributed by atoms with Crippen LogP contribution in [0.25, 0.3) is 0 Å². The van der Waals surface area contributed by atoms with E-state index in [1.54, 1.807) is 4.90 Å². The molecule has 8 heteroatoms. The third kappa shape index (κ3) is 4.92. The lowest BCUT2D eigenvalue weighted by atomic mass is 10.0. The van der Waals surface area contributed by atoms with E-state index >= 15 is 0 Å². The van der Waals surface area contributed by atoms with Gasteiger partial charge in [-0.2, -0.15) is 0 Å². The fraction of sp³-hybridized carbons (Fsp3) is 0.538. The topological polar surface area (TPSA) is 24.5 Å². The van der Waals surface area contributed by atoms with Crippen molar-refractivity contribution in [1.82, 2.24) is 10.2 Å². The molecule has 1 aliphatic rings. The molecule has 21 heavy (non-hydrogen) atoms. The third-order valence-corrected chi connectivity index (χ3v) is 3.31. The Labute approximate surface area is 134 Å². The maximum absolute atomic E-state index is 13.9. The summed E-state index contributed by atoms with van der Waals surface area (Å²) in [6.07, 6.45) is -2.62. The summed E-state index contributed by atoms with van der Waals surface area (Å²) in [6.45, 7) is 2.25. The lowest BCUT2D eigenvalue weighted by Gasteiger charge is -2.34. The zero-order chi connectivity index (χ0) is 13.8. The molecule has 3 nitrogen and oxygen atoms in total. The molecule has 0 saturated carbocycles. The van der Waals surface area contributed by atoms with Gasteiger partial charge in [-0.3, -0.25) is 4.90 Å². The Balaban J connectivity index is 0.00000200. The highest BCUT2D eigenvalue weighted by molar-refractivity contribution is 5.85. The fourth-order valence-corrected chi connectivity index (χ4v) is 2.33. The molecule has 1 aliphatic heterocycles. The molecule has 1 saturated heterocycles. The van der Waals surface area contributed by atoms with Crippen molar-refractivity contribution < 1.29 is 17.9 Å². The van der Waals surface area contributed by atoms with Gasteiger partial charge in [0.1, 0.15) is 11.6 Å². The first kappa shape index (κ1) is 20.3. The number of alkyl halides is 2. The summed E-state index contributed by atoms with van der Waals surface area (Å²) in [5, 5.41) is 3.09. The Morgan fingerprint density at radius 2 is 1.81 bits per heavy atom. The van der Waals surface area contributed by atoms with Gasteiger partial charge in [-0.15, -0.1) is 24.8 Å². The molecule has 2 rings (SSSR count). The molecule has 0 aliphatic carbocycles. The molecule has 0 bridgehead atoms. The highest BCUT2D eigenvalue weighted by atomic mass is 35.5. The van der Waals surface area contributed by atoms with Gasteiger partial charge < -0.3 is 10.1 Å². The number of methoxy groups -OCH3 is 1. The molecule has 0 spiro atoms. The second kappa shape index (κ2) is 9.35. The van der Waals surface area contributed by atoms with E-state index in [2.05, 4.69) is 5.32 Å². The third-order valence-electron chi connectivity index (χ3n) is 3.31. The van der Waals surface area contributed by atoms with Crippen LogP contribution in [0.5, 0.6) is 5.75 Å². The zero-order valence-electron chi connectivity index (χ0n) is 11.5. The molecule has 1 N–H and O–H groups in total. The molecule has 0 aromatic heterocycles. The van der Waals surface area contributed by atoms with Gasteiger partial charge in [0.25, 0.3) is 6.43 Å². The standard InChI is InChI=1S/C13H17F3N2O.2ClH/c1-19-9-2-3-10(11(14)8-9)12(13(15)16)18-6-4-17-5-7-18;;/h2-3,8,12-13,17H,4-7H2,1H3;2*1H/t12-;;/m0../s1. The van der Waals surface area contributed by atoms with Crippen molar-refractivity contribution in [1.29, 1.82) is 0 Å². The van der Waals surface area contributed by atoms with Crippen LogP contribution in [-0.2, 0) is 0 Å². The van der Waals surface area contributed by atoms with Gasteiger partial charge in [0.15, 0.2) is 0 Å². The van der Waals surface area contributed by atoms with Crippen molar-refractivity contribution in [3.8, 4) is 5.75 Å². The molecule has 1 aromatic carbocycles. The number of nitrogens with one attached hydrogen (secondary N) is 1. The number of halogens is 5. The number of piperazine rings is 1. The minimum Gasteiger partial charge on any atom is -0.497 e. The average Bonchev–Trinajstić information content (AvgIpc) is 2.41. The van der Waals surface area contributed by atoms with Crippen LogP contribution in [0.1, 0.15) is 11.6 Å². The maximum Gasteiger partial charge on any atom is 0.258 e. The van der Waals surface area contributed by atoms with Gasteiger partial charge in [-0.05, 0) is 6.07 Å². The van der Waals surface area contributed by atoms with Crippen LogP contribution in [0.2, 0.25) is 0 Å². The summed E-state index contributed by atoms with van der Waals surface area (Å²) in [5.74, 6) is -0.322. The summed E-state index contributed by atoms with van der Waals surface area (Å²) in [5.41, 5.74) is 0.0256. The minimum absolute atomic E-state index is 0. The van der Waals surface area contributed by atoms with Gasteiger partial charge in [0, 0.05) is 37.8 Å². The Kier molecular flexibility index (Phi) is 9.04. The molecule has 0 radical (unpaired) electrons. The van der Waals surface area contributed by atoms with Crippen LogP contribution in [0.4, 0.5) is 13.2 Å². The Hall–Kier alpha value is -0.690. The predicted molar refractivity (Wildman–Crippen MR) is 80.6 cm³/mol. The van der Waals surface area contributed by atoms with Crippen LogP contribution < -0.4 is 10.1 Å². The van der Waals surface area contributed by atoms with E-state index < -0.39 is 18.3 Å². The van der Waals surface area contributed by atoms with Crippen LogP contribution in [0.15, 0.2) is 18.2 Å². The van der Waals surface area contributed by atoms with E-state index in [-0.39, 0.29) is 30.4 Å². The molecular weight excluding hydrogens is 328 g/mol. The SMILES string of the molecule is COc1ccc([C@@H](C(F)F)N2CCNCC2)c(F)c1.Cl.Cl. The first-order valence-electron chi connectivity index (χ1n) is 6.20. The average molecular weight is 347 g/mol. The quantitative estimate of drug-likeness (QED) is 0.907. The number of hydrogen-bond acceptors (Lipinski definition) is 3. The lowest BCUT2D eigenvalue weighted by Crippen LogP contribution is -2.47. The Bertz CT molecular complexity index is 432. The van der Waals surface area contributed by atoms with Gasteiger partial charge in [0.2, 0.25) is 0 Å². The summed E-state index contributed by atoms with van der Waals surface area (Å²) in [4.78, 5) is 1.62. The lowest BCUT2D eigenvalue weighted by molar-refractivity contribution is 0.0164. The number of rotatable bonds is 4. The number of benzene rings is 1. The van der Waals surface area contributed by atoms with E-state index in [4.69, 9.17) is 4.74 Å². The smallest absolute Gasteiger partial charge is 0.258 e. The zero-order valence-corrected chi connectivity index (χ0v) is 13.2. The van der Waals surface area contributed by atoms with E-state index in [1.165, 1.54) is 19.2 Å². The van der Waals surface area contributed by atoms with Gasteiger partial charge in [0.05, 0.1) is 13.2 Å². The van der Waals surface area contributed by atoms with Crippen molar-refractivity contribution in [2.24, 2.45) is 0 Å². The minimum atomic E-state index is -2.62. The molecule has 1 atom stereocenters. The summed E-state index contributed by atoms with van der Waals surface area (Å²) >= 11 is 0. The van der Waals surface area contributed by atoms with E-state index in [9.17, 15) is 13.2 Å². The van der Waals surface area contributed by atoms with Crippen LogP contribution in [0, 0.1) is 5.82 Å². The molecule has 0 amide bonds. The van der Waals surface area contributed by atoms with Crippen LogP contribution in [-0.4, -0.2) is 44.6 Å². The molecule has 0 unspecified atom stereocenters. The van der Waals surface area contributed by atoms with E-state index in [1.807, 2.05) is 0 Å². The van der Waals surface area contributed by atoms with Gasteiger partial charge >= 0.3 is 0 Å². The fourth-order valence-electron chi connectivity index (χ4n) is 2.33. The van der Waals surface area contributed by atoms with E-state index in [0.717, 1.165) is 6.07 Å². The van der Waals surface area contributed by atoms with Crippen LogP contribution >= 0.6 is 24.8 Å². The Morgan fingerprint density at radius 3 is 2.29 bits per heavy atom. The number of ether oxygens (including phenoxy) is 1.